The number of nitrogens with zero attached hydrogens (tertiary/aromatic N) is 1. The van der Waals surface area contributed by atoms with E-state index in [1.54, 1.807) is 4.90 Å². The summed E-state index contributed by atoms with van der Waals surface area (Å²) in [6.45, 7) is 0.477. The summed E-state index contributed by atoms with van der Waals surface area (Å²) >= 11 is 0. The molecule has 5 heteroatoms. The van der Waals surface area contributed by atoms with Crippen molar-refractivity contribution in [3.05, 3.63) is 35.9 Å². The van der Waals surface area contributed by atoms with E-state index in [9.17, 15) is 13.2 Å². The first-order valence-corrected chi connectivity index (χ1v) is 7.38. The summed E-state index contributed by atoms with van der Waals surface area (Å²) in [4.78, 5) is 12.6. The van der Waals surface area contributed by atoms with Crippen LogP contribution >= 0.6 is 0 Å². The molecule has 1 aliphatic rings. The maximum atomic E-state index is 11.4. The van der Waals surface area contributed by atoms with Crippen molar-refractivity contribution in [3.63, 3.8) is 0 Å². The summed E-state index contributed by atoms with van der Waals surface area (Å²) in [6.07, 6.45) is 1.30. The Morgan fingerprint density at radius 1 is 1.29 bits per heavy atom. The molecule has 92 valence electrons. The van der Waals surface area contributed by atoms with Crippen molar-refractivity contribution in [1.29, 1.82) is 0 Å². The van der Waals surface area contributed by atoms with Gasteiger partial charge < -0.3 is 4.90 Å². The molecule has 1 aromatic carbocycles. The molecule has 0 spiro atoms. The summed E-state index contributed by atoms with van der Waals surface area (Å²) in [5, 5.41) is 0. The monoisotopic (exact) mass is 253 g/mol. The lowest BCUT2D eigenvalue weighted by Crippen LogP contribution is -2.34. The molecule has 0 aliphatic carbocycles. The summed E-state index contributed by atoms with van der Waals surface area (Å²) in [5.74, 6) is 0.287. The molecule has 4 nitrogen and oxygen atoms in total. The van der Waals surface area contributed by atoms with Crippen LogP contribution in [0, 0.1) is 0 Å². The third-order valence-electron chi connectivity index (χ3n) is 3.02. The molecule has 0 bridgehead atoms. The highest BCUT2D eigenvalue weighted by Crippen LogP contribution is 2.18. The maximum Gasteiger partial charge on any atom is 0.210 e. The van der Waals surface area contributed by atoms with Gasteiger partial charge in [-0.05, 0) is 12.0 Å². The van der Waals surface area contributed by atoms with Crippen LogP contribution < -0.4 is 0 Å². The SMILES string of the molecule is O=CN(Cc1ccccc1)[C@H]1CCS(=O)(=O)C1. The van der Waals surface area contributed by atoms with Crippen LogP contribution in [0.4, 0.5) is 0 Å². The lowest BCUT2D eigenvalue weighted by Gasteiger charge is -2.23. The maximum absolute atomic E-state index is 11.4. The molecule has 1 heterocycles. The van der Waals surface area contributed by atoms with Gasteiger partial charge in [-0.25, -0.2) is 8.42 Å². The Labute approximate surface area is 101 Å². The summed E-state index contributed by atoms with van der Waals surface area (Å²) < 4.78 is 22.7. The summed E-state index contributed by atoms with van der Waals surface area (Å²) in [7, 11) is -2.94. The lowest BCUT2D eigenvalue weighted by atomic mass is 10.1. The second-order valence-corrected chi connectivity index (χ2v) is 6.55. The molecule has 0 saturated carbocycles. The Bertz CT molecular complexity index is 484. The van der Waals surface area contributed by atoms with Gasteiger partial charge in [0.05, 0.1) is 11.5 Å². The number of hydrogen-bond donors (Lipinski definition) is 0. The Kier molecular flexibility index (Phi) is 3.47. The molecule has 0 aromatic heterocycles. The van der Waals surface area contributed by atoms with Gasteiger partial charge in [0.1, 0.15) is 0 Å². The van der Waals surface area contributed by atoms with Crippen molar-refractivity contribution in [2.45, 2.75) is 19.0 Å². The lowest BCUT2D eigenvalue weighted by molar-refractivity contribution is -0.120. The van der Waals surface area contributed by atoms with E-state index in [1.165, 1.54) is 0 Å². The largest absolute Gasteiger partial charge is 0.337 e. The van der Waals surface area contributed by atoms with Crippen LogP contribution in [0.3, 0.4) is 0 Å². The minimum atomic E-state index is -2.94. The number of benzene rings is 1. The summed E-state index contributed by atoms with van der Waals surface area (Å²) in [5.41, 5.74) is 1.02. The first-order chi connectivity index (χ1) is 8.11. The van der Waals surface area contributed by atoms with E-state index >= 15 is 0 Å². The van der Waals surface area contributed by atoms with E-state index in [0.29, 0.717) is 13.0 Å². The number of carbonyl (C=O) groups is 1. The minimum Gasteiger partial charge on any atom is -0.337 e. The van der Waals surface area contributed by atoms with Gasteiger partial charge in [0.2, 0.25) is 6.41 Å². The van der Waals surface area contributed by atoms with Crippen LogP contribution in [0.1, 0.15) is 12.0 Å². The van der Waals surface area contributed by atoms with Crippen molar-refractivity contribution in [2.24, 2.45) is 0 Å². The molecule has 17 heavy (non-hydrogen) atoms. The zero-order valence-corrected chi connectivity index (χ0v) is 10.3. The van der Waals surface area contributed by atoms with Crippen molar-refractivity contribution in [3.8, 4) is 0 Å². The van der Waals surface area contributed by atoms with Gasteiger partial charge in [0.25, 0.3) is 0 Å². The number of rotatable bonds is 4. The Morgan fingerprint density at radius 3 is 2.53 bits per heavy atom. The molecule has 1 amide bonds. The van der Waals surface area contributed by atoms with Crippen molar-refractivity contribution in [1.82, 2.24) is 4.90 Å². The normalized spacial score (nSPS) is 22.2. The molecule has 0 N–H and O–H groups in total. The van der Waals surface area contributed by atoms with Crippen LogP contribution in [0.15, 0.2) is 30.3 Å². The average Bonchev–Trinajstić information content (AvgIpc) is 2.68. The molecule has 1 saturated heterocycles. The molecular weight excluding hydrogens is 238 g/mol. The number of sulfone groups is 1. The highest BCUT2D eigenvalue weighted by Gasteiger charge is 2.31. The standard InChI is InChI=1S/C12H15NO3S/c14-10-13(8-11-4-2-1-3-5-11)12-6-7-17(15,16)9-12/h1-5,10,12H,6-9H2/t12-/m0/s1. The van der Waals surface area contributed by atoms with Crippen LogP contribution in [0.2, 0.25) is 0 Å². The zero-order chi connectivity index (χ0) is 12.3. The van der Waals surface area contributed by atoms with E-state index < -0.39 is 9.84 Å². The van der Waals surface area contributed by atoms with Crippen LogP contribution in [0.5, 0.6) is 0 Å². The third kappa shape index (κ3) is 3.06. The van der Waals surface area contributed by atoms with E-state index in [1.807, 2.05) is 30.3 Å². The molecule has 1 aliphatic heterocycles. The van der Waals surface area contributed by atoms with Crippen molar-refractivity contribution in [2.75, 3.05) is 11.5 Å². The van der Waals surface area contributed by atoms with E-state index in [-0.39, 0.29) is 17.5 Å². The summed E-state index contributed by atoms with van der Waals surface area (Å²) in [6, 6.07) is 9.42. The highest BCUT2D eigenvalue weighted by molar-refractivity contribution is 7.91. The Morgan fingerprint density at radius 2 is 2.00 bits per heavy atom. The second kappa shape index (κ2) is 4.87. The van der Waals surface area contributed by atoms with Gasteiger partial charge in [-0.15, -0.1) is 0 Å². The van der Waals surface area contributed by atoms with Gasteiger partial charge in [0.15, 0.2) is 9.84 Å². The quantitative estimate of drug-likeness (QED) is 0.747. The topological polar surface area (TPSA) is 54.5 Å². The highest BCUT2D eigenvalue weighted by atomic mass is 32.2. The second-order valence-electron chi connectivity index (χ2n) is 4.32. The first-order valence-electron chi connectivity index (χ1n) is 5.56. The van der Waals surface area contributed by atoms with E-state index in [4.69, 9.17) is 0 Å². The first kappa shape index (κ1) is 12.1. The number of amides is 1. The average molecular weight is 253 g/mol. The fraction of sp³-hybridized carbons (Fsp3) is 0.417. The molecule has 1 aromatic rings. The Balaban J connectivity index is 2.06. The third-order valence-corrected chi connectivity index (χ3v) is 4.77. The van der Waals surface area contributed by atoms with Crippen molar-refractivity contribution >= 4 is 16.2 Å². The zero-order valence-electron chi connectivity index (χ0n) is 9.45. The van der Waals surface area contributed by atoms with Gasteiger partial charge >= 0.3 is 0 Å². The molecule has 0 radical (unpaired) electrons. The van der Waals surface area contributed by atoms with Gasteiger partial charge in [0, 0.05) is 12.6 Å². The predicted octanol–water partition coefficient (Wildman–Crippen LogP) is 0.832. The molecule has 2 rings (SSSR count). The van der Waals surface area contributed by atoms with Crippen molar-refractivity contribution < 1.29 is 13.2 Å². The Hall–Kier alpha value is -1.36. The van der Waals surface area contributed by atoms with Crippen LogP contribution in [-0.4, -0.2) is 37.3 Å². The molecular formula is C12H15NO3S. The smallest absolute Gasteiger partial charge is 0.210 e. The van der Waals surface area contributed by atoms with Crippen LogP contribution in [0.25, 0.3) is 0 Å². The van der Waals surface area contributed by atoms with Gasteiger partial charge in [-0.1, -0.05) is 30.3 Å². The fourth-order valence-electron chi connectivity index (χ4n) is 2.08. The molecule has 0 unspecified atom stereocenters. The van der Waals surface area contributed by atoms with Gasteiger partial charge in [-0.2, -0.15) is 0 Å². The molecule has 1 fully saturated rings. The van der Waals surface area contributed by atoms with Gasteiger partial charge in [-0.3, -0.25) is 4.79 Å². The number of hydrogen-bond acceptors (Lipinski definition) is 3. The van der Waals surface area contributed by atoms with E-state index in [0.717, 1.165) is 12.0 Å². The minimum absolute atomic E-state index is 0.0958. The number of carbonyl (C=O) groups excluding carboxylic acids is 1. The van der Waals surface area contributed by atoms with E-state index in [2.05, 4.69) is 0 Å². The predicted molar refractivity (Wildman–Crippen MR) is 65.1 cm³/mol. The molecule has 1 atom stereocenters. The van der Waals surface area contributed by atoms with Crippen LogP contribution in [-0.2, 0) is 21.2 Å². The fourth-order valence-corrected chi connectivity index (χ4v) is 3.83.